The minimum absolute atomic E-state index is 0. The standard InChI is InChI=1S/C7H9N3O.ClH/c11-7-9-4-5-3-8-2-1-6(5)10-7;/h4,8H,1-3H2,(H,9,10,11);1H. The van der Waals surface area contributed by atoms with Gasteiger partial charge in [-0.05, 0) is 0 Å². The number of hydrogen-bond acceptors (Lipinski definition) is 3. The monoisotopic (exact) mass is 187 g/mol. The molecule has 0 amide bonds. The van der Waals surface area contributed by atoms with Crippen LogP contribution in [0, 0.1) is 0 Å². The molecule has 12 heavy (non-hydrogen) atoms. The van der Waals surface area contributed by atoms with Crippen LogP contribution in [0.15, 0.2) is 11.0 Å². The van der Waals surface area contributed by atoms with Gasteiger partial charge in [0.2, 0.25) is 0 Å². The zero-order chi connectivity index (χ0) is 7.68. The first kappa shape index (κ1) is 9.22. The van der Waals surface area contributed by atoms with Gasteiger partial charge in [0, 0.05) is 37.0 Å². The van der Waals surface area contributed by atoms with Crippen LogP contribution in [0.25, 0.3) is 0 Å². The molecule has 0 saturated carbocycles. The van der Waals surface area contributed by atoms with E-state index in [0.29, 0.717) is 0 Å². The van der Waals surface area contributed by atoms with Crippen molar-refractivity contribution in [3.8, 4) is 0 Å². The molecule has 0 radical (unpaired) electrons. The summed E-state index contributed by atoms with van der Waals surface area (Å²) in [5.74, 6) is 0. The SMILES string of the molecule is Cl.O=c1ncc2c([nH]1)CCNC2. The Labute approximate surface area is 75.8 Å². The quantitative estimate of drug-likeness (QED) is 0.594. The summed E-state index contributed by atoms with van der Waals surface area (Å²) in [6.45, 7) is 1.76. The van der Waals surface area contributed by atoms with E-state index in [1.54, 1.807) is 6.20 Å². The van der Waals surface area contributed by atoms with Gasteiger partial charge in [-0.2, -0.15) is 0 Å². The highest BCUT2D eigenvalue weighted by Gasteiger charge is 2.08. The summed E-state index contributed by atoms with van der Waals surface area (Å²) in [7, 11) is 0. The van der Waals surface area contributed by atoms with Gasteiger partial charge >= 0.3 is 5.69 Å². The predicted molar refractivity (Wildman–Crippen MR) is 47.5 cm³/mol. The van der Waals surface area contributed by atoms with Gasteiger partial charge in [0.05, 0.1) is 0 Å². The normalized spacial score (nSPS) is 14.7. The van der Waals surface area contributed by atoms with Crippen LogP contribution in [0.4, 0.5) is 0 Å². The fourth-order valence-electron chi connectivity index (χ4n) is 1.27. The highest BCUT2D eigenvalue weighted by Crippen LogP contribution is 2.05. The molecule has 4 nitrogen and oxygen atoms in total. The Morgan fingerprint density at radius 2 is 2.33 bits per heavy atom. The maximum atomic E-state index is 10.8. The van der Waals surface area contributed by atoms with Crippen molar-refractivity contribution < 1.29 is 0 Å². The molecule has 1 aromatic heterocycles. The second-order valence-corrected chi connectivity index (χ2v) is 2.62. The first-order valence-electron chi connectivity index (χ1n) is 3.64. The van der Waals surface area contributed by atoms with Gasteiger partial charge in [-0.15, -0.1) is 12.4 Å². The average molecular weight is 188 g/mol. The van der Waals surface area contributed by atoms with E-state index < -0.39 is 0 Å². The zero-order valence-electron chi connectivity index (χ0n) is 6.46. The van der Waals surface area contributed by atoms with E-state index in [1.807, 2.05) is 0 Å². The van der Waals surface area contributed by atoms with Crippen LogP contribution in [0.5, 0.6) is 0 Å². The van der Waals surface area contributed by atoms with E-state index in [0.717, 1.165) is 30.8 Å². The third-order valence-corrected chi connectivity index (χ3v) is 1.85. The summed E-state index contributed by atoms with van der Waals surface area (Å²) in [6, 6.07) is 0. The second-order valence-electron chi connectivity index (χ2n) is 2.62. The molecule has 0 bridgehead atoms. The Morgan fingerprint density at radius 3 is 3.17 bits per heavy atom. The van der Waals surface area contributed by atoms with Gasteiger partial charge < -0.3 is 10.3 Å². The predicted octanol–water partition coefficient (Wildman–Crippen LogP) is -0.163. The Morgan fingerprint density at radius 1 is 1.50 bits per heavy atom. The second kappa shape index (κ2) is 3.69. The molecule has 1 aliphatic rings. The van der Waals surface area contributed by atoms with Gasteiger partial charge in [0.25, 0.3) is 0 Å². The third kappa shape index (κ3) is 1.65. The van der Waals surface area contributed by atoms with Crippen LogP contribution in [-0.2, 0) is 13.0 Å². The van der Waals surface area contributed by atoms with Crippen molar-refractivity contribution in [2.24, 2.45) is 0 Å². The summed E-state index contributed by atoms with van der Waals surface area (Å²) in [4.78, 5) is 17.1. The Hall–Kier alpha value is -0.870. The molecule has 0 spiro atoms. The average Bonchev–Trinajstić information content (AvgIpc) is 2.04. The fourth-order valence-corrected chi connectivity index (χ4v) is 1.27. The van der Waals surface area contributed by atoms with Gasteiger partial charge in [0.15, 0.2) is 0 Å². The molecule has 1 aromatic rings. The van der Waals surface area contributed by atoms with Crippen molar-refractivity contribution in [3.05, 3.63) is 27.9 Å². The number of H-pyrrole nitrogens is 1. The lowest BCUT2D eigenvalue weighted by molar-refractivity contribution is 0.622. The van der Waals surface area contributed by atoms with Crippen LogP contribution in [0.2, 0.25) is 0 Å². The highest BCUT2D eigenvalue weighted by molar-refractivity contribution is 5.85. The topological polar surface area (TPSA) is 57.8 Å². The number of hydrogen-bond donors (Lipinski definition) is 2. The van der Waals surface area contributed by atoms with E-state index in [4.69, 9.17) is 0 Å². The molecule has 2 N–H and O–H groups in total. The molecule has 0 unspecified atom stereocenters. The highest BCUT2D eigenvalue weighted by atomic mass is 35.5. The minimum Gasteiger partial charge on any atom is -0.312 e. The molecule has 0 atom stereocenters. The summed E-state index contributed by atoms with van der Waals surface area (Å²) < 4.78 is 0. The van der Waals surface area contributed by atoms with Crippen molar-refractivity contribution in [3.63, 3.8) is 0 Å². The van der Waals surface area contributed by atoms with Crippen LogP contribution in [0.3, 0.4) is 0 Å². The van der Waals surface area contributed by atoms with Crippen molar-refractivity contribution >= 4 is 12.4 Å². The molecular formula is C7H10ClN3O. The zero-order valence-corrected chi connectivity index (χ0v) is 7.28. The molecule has 5 heteroatoms. The molecule has 2 heterocycles. The molecule has 0 fully saturated rings. The first-order valence-corrected chi connectivity index (χ1v) is 3.64. The lowest BCUT2D eigenvalue weighted by Crippen LogP contribution is -2.27. The molecule has 0 saturated heterocycles. The van der Waals surface area contributed by atoms with E-state index in [2.05, 4.69) is 15.3 Å². The first-order chi connectivity index (χ1) is 5.36. The number of halogens is 1. The van der Waals surface area contributed by atoms with E-state index in [9.17, 15) is 4.79 Å². The summed E-state index contributed by atoms with van der Waals surface area (Å²) in [6.07, 6.45) is 2.54. The number of aromatic amines is 1. The maximum Gasteiger partial charge on any atom is 0.345 e. The van der Waals surface area contributed by atoms with E-state index in [-0.39, 0.29) is 18.1 Å². The Bertz CT molecular complexity index is 323. The smallest absolute Gasteiger partial charge is 0.312 e. The van der Waals surface area contributed by atoms with Gasteiger partial charge in [-0.3, -0.25) is 0 Å². The fraction of sp³-hybridized carbons (Fsp3) is 0.429. The molecule has 2 rings (SSSR count). The number of fused-ring (bicyclic) bond motifs is 1. The summed E-state index contributed by atoms with van der Waals surface area (Å²) in [5, 5.41) is 3.20. The maximum absolute atomic E-state index is 10.8. The lowest BCUT2D eigenvalue weighted by atomic mass is 10.1. The largest absolute Gasteiger partial charge is 0.345 e. The number of nitrogens with one attached hydrogen (secondary N) is 2. The molecular weight excluding hydrogens is 178 g/mol. The minimum atomic E-state index is -0.245. The number of nitrogens with zero attached hydrogens (tertiary/aromatic N) is 1. The van der Waals surface area contributed by atoms with Crippen molar-refractivity contribution in [1.82, 2.24) is 15.3 Å². The molecule has 66 valence electrons. The van der Waals surface area contributed by atoms with E-state index in [1.165, 1.54) is 0 Å². The Kier molecular flexibility index (Phi) is 2.83. The van der Waals surface area contributed by atoms with Crippen LogP contribution in [0.1, 0.15) is 11.3 Å². The lowest BCUT2D eigenvalue weighted by Gasteiger charge is -2.14. The van der Waals surface area contributed by atoms with E-state index >= 15 is 0 Å². The van der Waals surface area contributed by atoms with Crippen molar-refractivity contribution in [1.29, 1.82) is 0 Å². The van der Waals surface area contributed by atoms with Crippen LogP contribution in [-0.4, -0.2) is 16.5 Å². The van der Waals surface area contributed by atoms with Crippen LogP contribution >= 0.6 is 12.4 Å². The summed E-state index contributed by atoms with van der Waals surface area (Å²) in [5.41, 5.74) is 1.89. The van der Waals surface area contributed by atoms with Gasteiger partial charge in [-0.25, -0.2) is 9.78 Å². The number of aromatic nitrogens is 2. The van der Waals surface area contributed by atoms with Crippen molar-refractivity contribution in [2.45, 2.75) is 13.0 Å². The molecule has 0 aromatic carbocycles. The van der Waals surface area contributed by atoms with Gasteiger partial charge in [0.1, 0.15) is 0 Å². The summed E-state index contributed by atoms with van der Waals surface area (Å²) >= 11 is 0. The Balaban J connectivity index is 0.000000720. The van der Waals surface area contributed by atoms with Crippen molar-refractivity contribution in [2.75, 3.05) is 6.54 Å². The number of rotatable bonds is 0. The van der Waals surface area contributed by atoms with Gasteiger partial charge in [-0.1, -0.05) is 0 Å². The van der Waals surface area contributed by atoms with Crippen LogP contribution < -0.4 is 11.0 Å². The third-order valence-electron chi connectivity index (χ3n) is 1.85. The molecule has 0 aliphatic carbocycles. The molecule has 1 aliphatic heterocycles.